The van der Waals surface area contributed by atoms with Crippen molar-refractivity contribution >= 4 is 17.3 Å². The first kappa shape index (κ1) is 8.30. The van der Waals surface area contributed by atoms with Crippen molar-refractivity contribution in [3.8, 4) is 0 Å². The van der Waals surface area contributed by atoms with Crippen molar-refractivity contribution in [1.29, 1.82) is 0 Å². The highest BCUT2D eigenvalue weighted by Gasteiger charge is 2.34. The highest BCUT2D eigenvalue weighted by Crippen LogP contribution is 2.34. The average Bonchev–Trinajstić information content (AvgIpc) is 2.88. The Morgan fingerprint density at radius 3 is 2.50 bits per heavy atom. The number of hydrogen-bond donors (Lipinski definition) is 1. The van der Waals surface area contributed by atoms with Crippen LogP contribution in [0.15, 0.2) is 0 Å². The van der Waals surface area contributed by atoms with Gasteiger partial charge in [0.05, 0.1) is 0 Å². The van der Waals surface area contributed by atoms with Crippen LogP contribution in [0.2, 0.25) is 0 Å². The van der Waals surface area contributed by atoms with Gasteiger partial charge in [0.1, 0.15) is 0 Å². The molecule has 0 aromatic heterocycles. The highest BCUT2D eigenvalue weighted by molar-refractivity contribution is 7.80. The van der Waals surface area contributed by atoms with Crippen LogP contribution in [0, 0.1) is 5.92 Å². The van der Waals surface area contributed by atoms with Gasteiger partial charge >= 0.3 is 0 Å². The van der Waals surface area contributed by atoms with E-state index in [0.717, 1.165) is 17.1 Å². The van der Waals surface area contributed by atoms with E-state index in [2.05, 4.69) is 10.2 Å². The standard InChI is InChI=1S/C9H16N2S/c1-10-9(12)11(8-4-5-8)6-7-2-3-7/h7-8H,2-6H2,1H3,(H,10,12). The molecule has 0 amide bonds. The third kappa shape index (κ3) is 1.89. The molecule has 2 nitrogen and oxygen atoms in total. The van der Waals surface area contributed by atoms with Crippen LogP contribution in [-0.4, -0.2) is 29.6 Å². The van der Waals surface area contributed by atoms with Gasteiger partial charge in [0.15, 0.2) is 5.11 Å². The molecule has 2 rings (SSSR count). The summed E-state index contributed by atoms with van der Waals surface area (Å²) in [6.07, 6.45) is 5.51. The Balaban J connectivity index is 1.86. The maximum absolute atomic E-state index is 5.25. The molecule has 0 atom stereocenters. The molecule has 0 bridgehead atoms. The average molecular weight is 184 g/mol. The van der Waals surface area contributed by atoms with Crippen LogP contribution in [0.25, 0.3) is 0 Å². The predicted octanol–water partition coefficient (Wildman–Crippen LogP) is 1.37. The summed E-state index contributed by atoms with van der Waals surface area (Å²) in [5, 5.41) is 4.03. The number of nitrogens with one attached hydrogen (secondary N) is 1. The van der Waals surface area contributed by atoms with E-state index in [0.29, 0.717) is 0 Å². The quantitative estimate of drug-likeness (QED) is 0.667. The van der Waals surface area contributed by atoms with Crippen LogP contribution in [0.3, 0.4) is 0 Å². The molecule has 12 heavy (non-hydrogen) atoms. The minimum atomic E-state index is 0.769. The fourth-order valence-electron chi connectivity index (χ4n) is 1.51. The molecule has 0 unspecified atom stereocenters. The van der Waals surface area contributed by atoms with Gasteiger partial charge in [-0.15, -0.1) is 0 Å². The Bertz CT molecular complexity index is 185. The van der Waals surface area contributed by atoms with E-state index in [-0.39, 0.29) is 0 Å². The largest absolute Gasteiger partial charge is 0.366 e. The summed E-state index contributed by atoms with van der Waals surface area (Å²) in [5.41, 5.74) is 0. The molecule has 3 heteroatoms. The van der Waals surface area contributed by atoms with Crippen molar-refractivity contribution in [1.82, 2.24) is 10.2 Å². The topological polar surface area (TPSA) is 15.3 Å². The zero-order valence-corrected chi connectivity index (χ0v) is 8.36. The molecule has 2 fully saturated rings. The maximum Gasteiger partial charge on any atom is 0.168 e. The lowest BCUT2D eigenvalue weighted by atomic mass is 10.4. The van der Waals surface area contributed by atoms with E-state index < -0.39 is 0 Å². The molecule has 0 radical (unpaired) electrons. The van der Waals surface area contributed by atoms with Gasteiger partial charge in [0.25, 0.3) is 0 Å². The van der Waals surface area contributed by atoms with Crippen molar-refractivity contribution in [2.75, 3.05) is 13.6 Å². The Hall–Kier alpha value is -0.310. The highest BCUT2D eigenvalue weighted by atomic mass is 32.1. The molecule has 0 saturated heterocycles. The molecule has 0 aromatic carbocycles. The summed E-state index contributed by atoms with van der Waals surface area (Å²) < 4.78 is 0. The third-order valence-corrected chi connectivity index (χ3v) is 3.05. The van der Waals surface area contributed by atoms with E-state index in [1.807, 2.05) is 7.05 Å². The van der Waals surface area contributed by atoms with Crippen LogP contribution in [0.5, 0.6) is 0 Å². The SMILES string of the molecule is CNC(=S)N(CC1CC1)C1CC1. The Labute approximate surface area is 79.3 Å². The van der Waals surface area contributed by atoms with Gasteiger partial charge in [0.2, 0.25) is 0 Å². The second-order valence-electron chi connectivity index (χ2n) is 3.88. The van der Waals surface area contributed by atoms with E-state index in [1.165, 1.54) is 32.2 Å². The molecule has 1 N–H and O–H groups in total. The van der Waals surface area contributed by atoms with Gasteiger partial charge < -0.3 is 10.2 Å². The first-order valence-electron chi connectivity index (χ1n) is 4.79. The normalized spacial score (nSPS) is 22.1. The number of hydrogen-bond acceptors (Lipinski definition) is 1. The minimum Gasteiger partial charge on any atom is -0.366 e. The van der Waals surface area contributed by atoms with Crippen LogP contribution in [-0.2, 0) is 0 Å². The molecule has 0 aromatic rings. The molecular weight excluding hydrogens is 168 g/mol. The van der Waals surface area contributed by atoms with E-state index in [4.69, 9.17) is 12.2 Å². The number of nitrogens with zero attached hydrogens (tertiary/aromatic N) is 1. The molecule has 2 aliphatic rings. The van der Waals surface area contributed by atoms with Gasteiger partial charge in [-0.05, 0) is 43.8 Å². The second kappa shape index (κ2) is 3.21. The van der Waals surface area contributed by atoms with E-state index in [9.17, 15) is 0 Å². The predicted molar refractivity (Wildman–Crippen MR) is 54.1 cm³/mol. The Morgan fingerprint density at radius 1 is 1.42 bits per heavy atom. The van der Waals surface area contributed by atoms with Crippen molar-refractivity contribution in [2.24, 2.45) is 5.92 Å². The monoisotopic (exact) mass is 184 g/mol. The summed E-state index contributed by atoms with van der Waals surface area (Å²) in [7, 11) is 1.92. The molecule has 2 aliphatic carbocycles. The summed E-state index contributed by atoms with van der Waals surface area (Å²) >= 11 is 5.25. The molecule has 68 valence electrons. The Kier molecular flexibility index (Phi) is 2.22. The fourth-order valence-corrected chi connectivity index (χ4v) is 1.73. The summed E-state index contributed by atoms with van der Waals surface area (Å²) in [6.45, 7) is 1.20. The summed E-state index contributed by atoms with van der Waals surface area (Å²) in [5.74, 6) is 0.942. The lowest BCUT2D eigenvalue weighted by Crippen LogP contribution is -2.40. The van der Waals surface area contributed by atoms with Crippen LogP contribution < -0.4 is 5.32 Å². The van der Waals surface area contributed by atoms with Crippen molar-refractivity contribution in [3.63, 3.8) is 0 Å². The zero-order chi connectivity index (χ0) is 8.55. The molecule has 0 heterocycles. The van der Waals surface area contributed by atoms with Gasteiger partial charge in [-0.25, -0.2) is 0 Å². The van der Waals surface area contributed by atoms with Crippen molar-refractivity contribution < 1.29 is 0 Å². The summed E-state index contributed by atoms with van der Waals surface area (Å²) in [4.78, 5) is 2.38. The van der Waals surface area contributed by atoms with Crippen molar-refractivity contribution in [2.45, 2.75) is 31.7 Å². The number of thiocarbonyl (C=S) groups is 1. The van der Waals surface area contributed by atoms with Gasteiger partial charge in [-0.1, -0.05) is 0 Å². The first-order chi connectivity index (χ1) is 5.81. The maximum atomic E-state index is 5.25. The molecule has 0 spiro atoms. The van der Waals surface area contributed by atoms with Gasteiger partial charge in [-0.2, -0.15) is 0 Å². The van der Waals surface area contributed by atoms with E-state index in [1.54, 1.807) is 0 Å². The minimum absolute atomic E-state index is 0.769. The fraction of sp³-hybridized carbons (Fsp3) is 0.889. The Morgan fingerprint density at radius 2 is 2.08 bits per heavy atom. The lowest BCUT2D eigenvalue weighted by Gasteiger charge is -2.24. The molecule has 0 aliphatic heterocycles. The second-order valence-corrected chi connectivity index (χ2v) is 4.27. The number of rotatable bonds is 3. The van der Waals surface area contributed by atoms with Gasteiger partial charge in [0, 0.05) is 19.6 Å². The third-order valence-electron chi connectivity index (χ3n) is 2.61. The van der Waals surface area contributed by atoms with E-state index >= 15 is 0 Å². The van der Waals surface area contributed by atoms with Crippen LogP contribution in [0.4, 0.5) is 0 Å². The zero-order valence-electron chi connectivity index (χ0n) is 7.55. The summed E-state index contributed by atoms with van der Waals surface area (Å²) in [6, 6.07) is 0.769. The van der Waals surface area contributed by atoms with Gasteiger partial charge in [-0.3, -0.25) is 0 Å². The smallest absolute Gasteiger partial charge is 0.168 e. The first-order valence-corrected chi connectivity index (χ1v) is 5.20. The van der Waals surface area contributed by atoms with Crippen molar-refractivity contribution in [3.05, 3.63) is 0 Å². The van der Waals surface area contributed by atoms with Crippen LogP contribution in [0.1, 0.15) is 25.7 Å². The molecule has 2 saturated carbocycles. The van der Waals surface area contributed by atoms with Crippen LogP contribution >= 0.6 is 12.2 Å². The lowest BCUT2D eigenvalue weighted by molar-refractivity contribution is 0.387. The molecular formula is C9H16N2S.